The number of aromatic nitrogens is 2. The van der Waals surface area contributed by atoms with Gasteiger partial charge in [-0.3, -0.25) is 4.79 Å². The van der Waals surface area contributed by atoms with Crippen molar-refractivity contribution < 1.29 is 18.7 Å². The third-order valence-electron chi connectivity index (χ3n) is 4.51. The van der Waals surface area contributed by atoms with Crippen LogP contribution in [0.5, 0.6) is 0 Å². The maximum atomic E-state index is 13.9. The Bertz CT molecular complexity index is 939. The van der Waals surface area contributed by atoms with Crippen LogP contribution in [0.15, 0.2) is 42.7 Å². The molecule has 0 bridgehead atoms. The molecule has 0 radical (unpaired) electrons. The Morgan fingerprint density at radius 1 is 1.20 bits per heavy atom. The fraction of sp³-hybridized carbons (Fsp3) is 0.222. The van der Waals surface area contributed by atoms with Gasteiger partial charge in [0.05, 0.1) is 29.6 Å². The largest absolute Gasteiger partial charge is 0.391 e. The number of nitrogens with one attached hydrogen (secondary N) is 1. The van der Waals surface area contributed by atoms with Gasteiger partial charge < -0.3 is 15.0 Å². The smallest absolute Gasteiger partial charge is 0.256 e. The van der Waals surface area contributed by atoms with Gasteiger partial charge in [-0.1, -0.05) is 12.1 Å². The van der Waals surface area contributed by atoms with Crippen LogP contribution in [0.3, 0.4) is 0 Å². The number of nitrogens with zero attached hydrogens (tertiary/aromatic N) is 2. The van der Waals surface area contributed by atoms with Crippen LogP contribution >= 0.6 is 0 Å². The summed E-state index contributed by atoms with van der Waals surface area (Å²) in [6.45, 7) is 0.128. The van der Waals surface area contributed by atoms with Crippen molar-refractivity contribution in [3.63, 3.8) is 0 Å². The minimum Gasteiger partial charge on any atom is -0.391 e. The minimum atomic E-state index is -0.692. The van der Waals surface area contributed by atoms with Crippen LogP contribution in [0.25, 0.3) is 11.0 Å². The number of aliphatic hydroxyl groups is 1. The number of H-pyrrole nitrogens is 1. The van der Waals surface area contributed by atoms with Crippen LogP contribution in [0.1, 0.15) is 28.4 Å². The monoisotopic (exact) mass is 343 g/mol. The van der Waals surface area contributed by atoms with Gasteiger partial charge in [-0.25, -0.2) is 13.8 Å². The molecule has 1 amide bonds. The number of halogens is 2. The number of amides is 1. The molecule has 2 atom stereocenters. The van der Waals surface area contributed by atoms with Crippen LogP contribution in [-0.4, -0.2) is 38.5 Å². The van der Waals surface area contributed by atoms with Gasteiger partial charge in [-0.15, -0.1) is 0 Å². The summed E-state index contributed by atoms with van der Waals surface area (Å²) >= 11 is 0. The highest BCUT2D eigenvalue weighted by atomic mass is 19.1. The standard InChI is InChI=1S/C18H15F2N3O2/c19-11-3-1-10(2-4-11)16-7-13(24)8-23(16)18(25)14-5-12(20)6-15-17(14)22-9-21-15/h1-6,9,13,16,24H,7-8H2,(H,21,22)/t13-,16-/m1/s1. The quantitative estimate of drug-likeness (QED) is 0.752. The molecular weight excluding hydrogens is 328 g/mol. The second kappa shape index (κ2) is 5.93. The van der Waals surface area contributed by atoms with E-state index < -0.39 is 23.9 Å². The Morgan fingerprint density at radius 3 is 2.72 bits per heavy atom. The number of aromatic amines is 1. The van der Waals surface area contributed by atoms with Crippen LogP contribution in [-0.2, 0) is 0 Å². The van der Waals surface area contributed by atoms with E-state index >= 15 is 0 Å². The molecule has 1 aromatic heterocycles. The first-order valence-electron chi connectivity index (χ1n) is 7.90. The number of likely N-dealkylation sites (tertiary alicyclic amines) is 1. The molecule has 1 aliphatic rings. The second-order valence-corrected chi connectivity index (χ2v) is 6.17. The van der Waals surface area contributed by atoms with Gasteiger partial charge in [0.2, 0.25) is 0 Å². The summed E-state index contributed by atoms with van der Waals surface area (Å²) in [5, 5.41) is 10.0. The van der Waals surface area contributed by atoms with Crippen molar-refractivity contribution in [1.82, 2.24) is 14.9 Å². The predicted octanol–water partition coefficient (Wildman–Crippen LogP) is 2.79. The number of fused-ring (bicyclic) bond motifs is 1. The normalized spacial score (nSPS) is 20.4. The molecule has 0 spiro atoms. The van der Waals surface area contributed by atoms with Crippen molar-refractivity contribution in [2.45, 2.75) is 18.6 Å². The third kappa shape index (κ3) is 2.76. The highest BCUT2D eigenvalue weighted by Gasteiger charge is 2.36. The third-order valence-corrected chi connectivity index (χ3v) is 4.51. The van der Waals surface area contributed by atoms with Crippen molar-refractivity contribution in [3.05, 3.63) is 65.5 Å². The number of aliphatic hydroxyl groups excluding tert-OH is 1. The Hall–Kier alpha value is -2.80. The summed E-state index contributed by atoms with van der Waals surface area (Å²) in [6, 6.07) is 7.84. The van der Waals surface area contributed by atoms with Gasteiger partial charge in [-0.05, 0) is 36.2 Å². The van der Waals surface area contributed by atoms with Gasteiger partial charge >= 0.3 is 0 Å². The SMILES string of the molecule is O=C(c1cc(F)cc2[nH]cnc12)N1C[C@H](O)C[C@@H]1c1ccc(F)cc1. The number of hydrogen-bond acceptors (Lipinski definition) is 3. The van der Waals surface area contributed by atoms with E-state index in [0.29, 0.717) is 17.5 Å². The highest BCUT2D eigenvalue weighted by molar-refractivity contribution is 6.05. The van der Waals surface area contributed by atoms with E-state index in [-0.39, 0.29) is 17.9 Å². The van der Waals surface area contributed by atoms with E-state index in [1.807, 2.05) is 0 Å². The van der Waals surface area contributed by atoms with Crippen LogP contribution in [0, 0.1) is 11.6 Å². The van der Waals surface area contributed by atoms with Crippen LogP contribution < -0.4 is 0 Å². The zero-order valence-electron chi connectivity index (χ0n) is 13.1. The van der Waals surface area contributed by atoms with Gasteiger partial charge in [0.25, 0.3) is 5.91 Å². The summed E-state index contributed by atoms with van der Waals surface area (Å²) in [6.07, 6.45) is 1.05. The molecule has 1 fully saturated rings. The molecule has 1 aliphatic heterocycles. The molecule has 25 heavy (non-hydrogen) atoms. The summed E-state index contributed by atoms with van der Waals surface area (Å²) < 4.78 is 27.0. The van der Waals surface area contributed by atoms with E-state index in [0.717, 1.165) is 11.6 Å². The maximum absolute atomic E-state index is 13.9. The van der Waals surface area contributed by atoms with Gasteiger partial charge in [0.15, 0.2) is 0 Å². The van der Waals surface area contributed by atoms with Gasteiger partial charge in [-0.2, -0.15) is 0 Å². The molecule has 0 unspecified atom stereocenters. The molecule has 0 saturated carbocycles. The first kappa shape index (κ1) is 15.7. The number of benzene rings is 2. The lowest BCUT2D eigenvalue weighted by atomic mass is 10.0. The number of imidazole rings is 1. The molecule has 0 aliphatic carbocycles. The summed E-state index contributed by atoms with van der Waals surface area (Å²) in [5.74, 6) is -1.33. The zero-order chi connectivity index (χ0) is 17.6. The highest BCUT2D eigenvalue weighted by Crippen LogP contribution is 2.34. The Kier molecular flexibility index (Phi) is 3.73. The first-order chi connectivity index (χ1) is 12.0. The Morgan fingerprint density at radius 2 is 1.96 bits per heavy atom. The molecule has 4 rings (SSSR count). The topological polar surface area (TPSA) is 69.2 Å². The number of carbonyl (C=O) groups excluding carboxylic acids is 1. The first-order valence-corrected chi connectivity index (χ1v) is 7.90. The molecule has 128 valence electrons. The summed E-state index contributed by atoms with van der Waals surface area (Å²) in [7, 11) is 0. The predicted molar refractivity (Wildman–Crippen MR) is 86.9 cm³/mol. The molecule has 7 heteroatoms. The lowest BCUT2D eigenvalue weighted by molar-refractivity contribution is 0.0717. The molecule has 2 N–H and O–H groups in total. The zero-order valence-corrected chi connectivity index (χ0v) is 13.1. The number of β-amino-alcohol motifs (C(OH)–C–C–N with tert-alkyl or cyclic N) is 1. The van der Waals surface area contributed by atoms with E-state index in [1.165, 1.54) is 29.4 Å². The number of hydrogen-bond donors (Lipinski definition) is 2. The minimum absolute atomic E-state index is 0.128. The maximum Gasteiger partial charge on any atom is 0.256 e. The van der Waals surface area contributed by atoms with E-state index in [9.17, 15) is 18.7 Å². The molecule has 2 heterocycles. The van der Waals surface area contributed by atoms with E-state index in [2.05, 4.69) is 9.97 Å². The molecule has 1 saturated heterocycles. The molecule has 2 aromatic carbocycles. The Labute approximate surface area is 141 Å². The molecule has 3 aromatic rings. The summed E-state index contributed by atoms with van der Waals surface area (Å²) in [4.78, 5) is 21.4. The van der Waals surface area contributed by atoms with Crippen molar-refractivity contribution in [2.24, 2.45) is 0 Å². The Balaban J connectivity index is 1.74. The van der Waals surface area contributed by atoms with Crippen molar-refractivity contribution in [3.8, 4) is 0 Å². The van der Waals surface area contributed by atoms with Crippen LogP contribution in [0.2, 0.25) is 0 Å². The van der Waals surface area contributed by atoms with E-state index in [1.54, 1.807) is 12.1 Å². The van der Waals surface area contributed by atoms with Gasteiger partial charge in [0, 0.05) is 6.54 Å². The lowest BCUT2D eigenvalue weighted by Gasteiger charge is -2.25. The van der Waals surface area contributed by atoms with Gasteiger partial charge in [0.1, 0.15) is 17.2 Å². The van der Waals surface area contributed by atoms with E-state index in [4.69, 9.17) is 0 Å². The second-order valence-electron chi connectivity index (χ2n) is 6.17. The van der Waals surface area contributed by atoms with Crippen molar-refractivity contribution in [2.75, 3.05) is 6.54 Å². The van der Waals surface area contributed by atoms with Crippen molar-refractivity contribution >= 4 is 16.9 Å². The summed E-state index contributed by atoms with van der Waals surface area (Å²) in [5.41, 5.74) is 1.67. The number of carbonyl (C=O) groups is 1. The van der Waals surface area contributed by atoms with Crippen molar-refractivity contribution in [1.29, 1.82) is 0 Å². The molecular formula is C18H15F2N3O2. The average Bonchev–Trinajstić information content (AvgIpc) is 3.20. The average molecular weight is 343 g/mol. The van der Waals surface area contributed by atoms with Crippen LogP contribution in [0.4, 0.5) is 8.78 Å². The number of rotatable bonds is 2. The fourth-order valence-corrected chi connectivity index (χ4v) is 3.37. The lowest BCUT2D eigenvalue weighted by Crippen LogP contribution is -2.32. The molecule has 5 nitrogen and oxygen atoms in total. The fourth-order valence-electron chi connectivity index (χ4n) is 3.37.